The summed E-state index contributed by atoms with van der Waals surface area (Å²) in [6.45, 7) is 8.64. The van der Waals surface area contributed by atoms with Crippen LogP contribution in [-0.4, -0.2) is 69.2 Å². The van der Waals surface area contributed by atoms with Crippen LogP contribution in [0.2, 0.25) is 0 Å². The molecule has 0 spiro atoms. The minimum absolute atomic E-state index is 0.0725. The van der Waals surface area contributed by atoms with E-state index in [1.807, 2.05) is 35.9 Å². The number of rotatable bonds is 2. The highest BCUT2D eigenvalue weighted by Gasteiger charge is 2.43. The lowest BCUT2D eigenvalue weighted by molar-refractivity contribution is 0.0708. The standard InChI is InChI=1S/C27H40N6O3S/c1-5-26(2)17-19-9-7-15-28-21-10-6-11-23(31(21)4)37(36)30-25(34)20-12-13-22(29-24(20)33(26)18-19)32-16-8-14-27(32,3)35/h6,10-13,19,21,28,35H,5,7-9,14-18H2,1-4H3,(H,30,34). The van der Waals surface area contributed by atoms with Crippen LogP contribution >= 0.6 is 0 Å². The third kappa shape index (κ3) is 4.91. The number of hydrogen-bond donors (Lipinski definition) is 3. The van der Waals surface area contributed by atoms with Gasteiger partial charge in [0.1, 0.15) is 22.4 Å². The molecule has 4 aliphatic heterocycles. The molecule has 0 aliphatic carbocycles. The zero-order valence-electron chi connectivity index (χ0n) is 22.4. The van der Waals surface area contributed by atoms with Crippen molar-refractivity contribution >= 4 is 28.5 Å². The molecule has 3 N–H and O–H groups in total. The third-order valence-electron chi connectivity index (χ3n) is 8.65. The molecule has 10 heteroatoms. The molecule has 1 aromatic rings. The summed E-state index contributed by atoms with van der Waals surface area (Å²) in [5.74, 6) is 1.35. The predicted octanol–water partition coefficient (Wildman–Crippen LogP) is 2.83. The van der Waals surface area contributed by atoms with E-state index >= 15 is 0 Å². The van der Waals surface area contributed by atoms with Gasteiger partial charge in [0.15, 0.2) is 11.0 Å². The van der Waals surface area contributed by atoms with E-state index in [9.17, 15) is 14.1 Å². The summed E-state index contributed by atoms with van der Waals surface area (Å²) in [4.78, 5) is 24.8. The number of fused-ring (bicyclic) bond motifs is 6. The molecule has 5 unspecified atom stereocenters. The molecular weight excluding hydrogens is 488 g/mol. The first-order valence-corrected chi connectivity index (χ1v) is 14.6. The molecule has 0 aromatic carbocycles. The number of aliphatic hydroxyl groups is 1. The smallest absolute Gasteiger partial charge is 0.267 e. The van der Waals surface area contributed by atoms with Crippen LogP contribution in [0.25, 0.3) is 0 Å². The van der Waals surface area contributed by atoms with Crippen LogP contribution in [0.5, 0.6) is 0 Å². The number of amides is 1. The second kappa shape index (κ2) is 10.0. The summed E-state index contributed by atoms with van der Waals surface area (Å²) in [6.07, 6.45) is 11.3. The molecule has 1 amide bonds. The average Bonchev–Trinajstić information content (AvgIpc) is 3.40. The van der Waals surface area contributed by atoms with E-state index in [1.54, 1.807) is 18.2 Å². The maximum Gasteiger partial charge on any atom is 0.267 e. The largest absolute Gasteiger partial charge is 0.371 e. The van der Waals surface area contributed by atoms with E-state index in [0.29, 0.717) is 41.1 Å². The Kier molecular flexibility index (Phi) is 7.10. The zero-order chi connectivity index (χ0) is 26.4. The lowest BCUT2D eigenvalue weighted by Gasteiger charge is -2.38. The van der Waals surface area contributed by atoms with Crippen molar-refractivity contribution in [2.24, 2.45) is 5.92 Å². The fourth-order valence-corrected chi connectivity index (χ4v) is 7.24. The van der Waals surface area contributed by atoms with Gasteiger partial charge in [0.25, 0.3) is 5.91 Å². The molecule has 4 bridgehead atoms. The molecule has 5 heterocycles. The molecule has 2 fully saturated rings. The molecule has 5 rings (SSSR count). The van der Waals surface area contributed by atoms with Crippen molar-refractivity contribution in [1.82, 2.24) is 19.9 Å². The van der Waals surface area contributed by atoms with Gasteiger partial charge in [0.05, 0.1) is 11.7 Å². The summed E-state index contributed by atoms with van der Waals surface area (Å²) in [5.41, 5.74) is -0.707. The first kappa shape index (κ1) is 26.2. The Morgan fingerprint density at radius 3 is 2.78 bits per heavy atom. The van der Waals surface area contributed by atoms with Gasteiger partial charge in [-0.25, -0.2) is 9.19 Å². The highest BCUT2D eigenvalue weighted by atomic mass is 32.2. The molecule has 37 heavy (non-hydrogen) atoms. The van der Waals surface area contributed by atoms with Crippen LogP contribution in [0, 0.1) is 5.92 Å². The molecule has 4 aliphatic rings. The van der Waals surface area contributed by atoms with Crippen LogP contribution in [0.3, 0.4) is 0 Å². The van der Waals surface area contributed by atoms with Crippen molar-refractivity contribution in [3.05, 3.63) is 41.0 Å². The van der Waals surface area contributed by atoms with Crippen molar-refractivity contribution < 1.29 is 14.1 Å². The molecule has 2 saturated heterocycles. The number of nitrogens with zero attached hydrogens (tertiary/aromatic N) is 4. The predicted molar refractivity (Wildman–Crippen MR) is 147 cm³/mol. The van der Waals surface area contributed by atoms with Gasteiger partial charge in [-0.05, 0) is 89.1 Å². The second-order valence-corrected chi connectivity index (χ2v) is 12.4. The third-order valence-corrected chi connectivity index (χ3v) is 9.82. The normalized spacial score (nSPS) is 34.5. The van der Waals surface area contributed by atoms with E-state index in [2.05, 4.69) is 28.8 Å². The Morgan fingerprint density at radius 2 is 2.05 bits per heavy atom. The maximum atomic E-state index is 13.6. The fourth-order valence-electron chi connectivity index (χ4n) is 6.28. The maximum absolute atomic E-state index is 13.6. The number of allylic oxidation sites excluding steroid dienone is 2. The van der Waals surface area contributed by atoms with Gasteiger partial charge in [0, 0.05) is 25.7 Å². The molecule has 9 nitrogen and oxygen atoms in total. The molecule has 202 valence electrons. The number of carbonyl (C=O) groups is 1. The number of hydrogen-bond acceptors (Lipinski definition) is 8. The topological polar surface area (TPSA) is 101 Å². The van der Waals surface area contributed by atoms with Crippen molar-refractivity contribution in [2.75, 3.05) is 36.5 Å². The van der Waals surface area contributed by atoms with Crippen molar-refractivity contribution in [1.29, 1.82) is 0 Å². The highest BCUT2D eigenvalue weighted by molar-refractivity contribution is 7.87. The summed E-state index contributed by atoms with van der Waals surface area (Å²) < 4.78 is 16.1. The van der Waals surface area contributed by atoms with Gasteiger partial charge in [0.2, 0.25) is 0 Å². The Balaban J connectivity index is 1.57. The molecule has 0 saturated carbocycles. The first-order chi connectivity index (χ1) is 17.6. The Hall–Kier alpha value is -2.43. The molecule has 5 atom stereocenters. The van der Waals surface area contributed by atoms with E-state index in [0.717, 1.165) is 45.2 Å². The SMILES string of the molecule is CCC1(C)CC2CCCNC3C=CC=C(N3C)S(=O)NC(=O)c3ccc(N4CCCC4(C)O)nc3N1C2. The summed E-state index contributed by atoms with van der Waals surface area (Å²) in [6, 6.07) is 3.59. The van der Waals surface area contributed by atoms with Crippen molar-refractivity contribution in [3.63, 3.8) is 0 Å². The quantitative estimate of drug-likeness (QED) is 0.539. The average molecular weight is 529 g/mol. The van der Waals surface area contributed by atoms with Gasteiger partial charge in [-0.15, -0.1) is 0 Å². The van der Waals surface area contributed by atoms with E-state index in [-0.39, 0.29) is 11.7 Å². The second-order valence-electron chi connectivity index (χ2n) is 11.3. The number of aromatic nitrogens is 1. The number of carbonyl (C=O) groups excluding carboxylic acids is 1. The van der Waals surface area contributed by atoms with Crippen molar-refractivity contribution in [2.45, 2.75) is 76.7 Å². The van der Waals surface area contributed by atoms with Gasteiger partial charge in [-0.3, -0.25) is 14.8 Å². The summed E-state index contributed by atoms with van der Waals surface area (Å²) in [7, 11) is 0.154. The Labute approximate surface area is 222 Å². The summed E-state index contributed by atoms with van der Waals surface area (Å²) >= 11 is 0. The summed E-state index contributed by atoms with van der Waals surface area (Å²) in [5, 5.41) is 15.1. The van der Waals surface area contributed by atoms with Crippen LogP contribution in [-0.2, 0) is 11.0 Å². The lowest BCUT2D eigenvalue weighted by Crippen LogP contribution is -2.46. The van der Waals surface area contributed by atoms with Gasteiger partial charge in [-0.1, -0.05) is 13.0 Å². The number of pyridine rings is 1. The van der Waals surface area contributed by atoms with Crippen LogP contribution in [0.4, 0.5) is 11.6 Å². The fraction of sp³-hybridized carbons (Fsp3) is 0.630. The molecule has 0 radical (unpaired) electrons. The minimum atomic E-state index is -1.73. The number of likely N-dealkylation sites (N-methyl/N-ethyl adjacent to an activating group) is 1. The lowest BCUT2D eigenvalue weighted by atomic mass is 9.89. The zero-order valence-corrected chi connectivity index (χ0v) is 23.2. The number of nitrogens with one attached hydrogen (secondary N) is 2. The minimum Gasteiger partial charge on any atom is -0.371 e. The highest BCUT2D eigenvalue weighted by Crippen LogP contribution is 2.42. The first-order valence-electron chi connectivity index (χ1n) is 13.5. The Morgan fingerprint density at radius 1 is 1.24 bits per heavy atom. The van der Waals surface area contributed by atoms with Crippen molar-refractivity contribution in [3.8, 4) is 0 Å². The van der Waals surface area contributed by atoms with Gasteiger partial charge < -0.3 is 19.8 Å². The van der Waals surface area contributed by atoms with E-state index in [4.69, 9.17) is 4.98 Å². The van der Waals surface area contributed by atoms with Crippen LogP contribution in [0.1, 0.15) is 69.7 Å². The van der Waals surface area contributed by atoms with Crippen LogP contribution in [0.15, 0.2) is 35.4 Å². The Bertz CT molecular complexity index is 1140. The monoisotopic (exact) mass is 528 g/mol. The van der Waals surface area contributed by atoms with Crippen LogP contribution < -0.4 is 19.8 Å². The van der Waals surface area contributed by atoms with Gasteiger partial charge >= 0.3 is 0 Å². The number of anilines is 2. The van der Waals surface area contributed by atoms with E-state index < -0.39 is 22.6 Å². The molecular formula is C27H40N6O3S. The van der Waals surface area contributed by atoms with Gasteiger partial charge in [-0.2, -0.15) is 0 Å². The molecule has 1 aromatic heterocycles. The van der Waals surface area contributed by atoms with E-state index in [1.165, 1.54) is 0 Å².